The molecule has 2 aromatic carbocycles. The number of nitrogens with one attached hydrogen (secondary N) is 1. The van der Waals surface area contributed by atoms with Crippen LogP contribution in [0.3, 0.4) is 0 Å². The summed E-state index contributed by atoms with van der Waals surface area (Å²) in [5, 5.41) is 12.0. The molecule has 3 rings (SSSR count). The van der Waals surface area contributed by atoms with Gasteiger partial charge in [0.15, 0.2) is 17.1 Å². The van der Waals surface area contributed by atoms with E-state index in [9.17, 15) is 4.79 Å². The highest BCUT2D eigenvalue weighted by molar-refractivity contribution is 7.99. The molecule has 0 bridgehead atoms. The molecule has 0 fully saturated rings. The Kier molecular flexibility index (Phi) is 6.77. The zero-order chi connectivity index (χ0) is 20.8. The zero-order valence-corrected chi connectivity index (χ0v) is 17.7. The van der Waals surface area contributed by atoms with Gasteiger partial charge in [-0.05, 0) is 37.6 Å². The number of hydrogen-bond acceptors (Lipinski definition) is 6. The van der Waals surface area contributed by atoms with E-state index >= 15 is 0 Å². The Bertz CT molecular complexity index is 990. The molecule has 0 radical (unpaired) electrons. The van der Waals surface area contributed by atoms with Gasteiger partial charge in [-0.3, -0.25) is 4.79 Å². The van der Waals surface area contributed by atoms with Gasteiger partial charge in [0.2, 0.25) is 5.91 Å². The van der Waals surface area contributed by atoms with E-state index < -0.39 is 0 Å². The monoisotopic (exact) mass is 412 g/mol. The topological polar surface area (TPSA) is 78.3 Å². The highest BCUT2D eigenvalue weighted by Crippen LogP contribution is 2.26. The molecule has 152 valence electrons. The standard InChI is InChI=1S/C21H24N4O3S/c1-14-8-5-6-11-18(14)22-19(26)13-29-21-24-23-20(25(21)3)15(2)28-17-10-7-9-16(12-17)27-4/h5-12,15H,13H2,1-4H3,(H,22,26). The van der Waals surface area contributed by atoms with E-state index in [2.05, 4.69) is 15.5 Å². The molecule has 1 N–H and O–H groups in total. The van der Waals surface area contributed by atoms with Crippen molar-refractivity contribution in [2.75, 3.05) is 18.2 Å². The minimum absolute atomic E-state index is 0.0884. The van der Waals surface area contributed by atoms with Gasteiger partial charge in [-0.25, -0.2) is 0 Å². The number of aryl methyl sites for hydroxylation is 1. The second-order valence-corrected chi connectivity index (χ2v) is 7.43. The van der Waals surface area contributed by atoms with Crippen LogP contribution in [0.2, 0.25) is 0 Å². The van der Waals surface area contributed by atoms with Crippen molar-refractivity contribution in [1.82, 2.24) is 14.8 Å². The smallest absolute Gasteiger partial charge is 0.234 e. The highest BCUT2D eigenvalue weighted by atomic mass is 32.2. The Morgan fingerprint density at radius 3 is 2.69 bits per heavy atom. The summed E-state index contributed by atoms with van der Waals surface area (Å²) in [7, 11) is 3.48. The van der Waals surface area contributed by atoms with Gasteiger partial charge in [-0.1, -0.05) is 36.0 Å². The zero-order valence-electron chi connectivity index (χ0n) is 16.9. The third kappa shape index (κ3) is 5.29. The van der Waals surface area contributed by atoms with Gasteiger partial charge in [0.1, 0.15) is 11.5 Å². The lowest BCUT2D eigenvalue weighted by Crippen LogP contribution is -2.15. The van der Waals surface area contributed by atoms with Gasteiger partial charge in [0.25, 0.3) is 0 Å². The first-order valence-corrected chi connectivity index (χ1v) is 10.1. The summed E-state index contributed by atoms with van der Waals surface area (Å²) >= 11 is 1.33. The predicted octanol–water partition coefficient (Wildman–Crippen LogP) is 4.00. The van der Waals surface area contributed by atoms with E-state index in [1.807, 2.05) is 74.0 Å². The number of thioether (sulfide) groups is 1. The summed E-state index contributed by atoms with van der Waals surface area (Å²) in [5.41, 5.74) is 1.84. The summed E-state index contributed by atoms with van der Waals surface area (Å²) in [6.07, 6.45) is -0.310. The second-order valence-electron chi connectivity index (χ2n) is 6.49. The van der Waals surface area contributed by atoms with Crippen LogP contribution in [0.15, 0.2) is 53.7 Å². The molecule has 1 heterocycles. The number of aromatic nitrogens is 3. The normalized spacial score (nSPS) is 11.7. The third-order valence-corrected chi connectivity index (χ3v) is 5.36. The molecule has 7 nitrogen and oxygen atoms in total. The molecular weight excluding hydrogens is 388 g/mol. The lowest BCUT2D eigenvalue weighted by atomic mass is 10.2. The summed E-state index contributed by atoms with van der Waals surface area (Å²) in [6.45, 7) is 3.87. The average molecular weight is 413 g/mol. The van der Waals surface area contributed by atoms with Crippen molar-refractivity contribution in [2.24, 2.45) is 7.05 Å². The number of hydrogen-bond donors (Lipinski definition) is 1. The van der Waals surface area contributed by atoms with Gasteiger partial charge in [0, 0.05) is 18.8 Å². The summed E-state index contributed by atoms with van der Waals surface area (Å²) in [5.74, 6) is 2.24. The SMILES string of the molecule is COc1cccc(OC(C)c2nnc(SCC(=O)Nc3ccccc3C)n2C)c1. The molecule has 0 aliphatic heterocycles. The van der Waals surface area contributed by atoms with E-state index in [1.54, 1.807) is 7.11 Å². The first kappa shape index (κ1) is 20.7. The Labute approximate surface area is 174 Å². The van der Waals surface area contributed by atoms with E-state index in [1.165, 1.54) is 11.8 Å². The Morgan fingerprint density at radius 2 is 1.93 bits per heavy atom. The molecule has 1 atom stereocenters. The number of anilines is 1. The molecule has 0 spiro atoms. The van der Waals surface area contributed by atoms with Crippen LogP contribution in [-0.2, 0) is 11.8 Å². The van der Waals surface area contributed by atoms with Gasteiger partial charge >= 0.3 is 0 Å². The number of benzene rings is 2. The fraction of sp³-hybridized carbons (Fsp3) is 0.286. The first-order valence-electron chi connectivity index (χ1n) is 9.16. The van der Waals surface area contributed by atoms with Crippen molar-refractivity contribution in [1.29, 1.82) is 0 Å². The van der Waals surface area contributed by atoms with Gasteiger partial charge < -0.3 is 19.4 Å². The number of rotatable bonds is 8. The Hall–Kier alpha value is -3.00. The van der Waals surface area contributed by atoms with Crippen LogP contribution in [0.1, 0.15) is 24.4 Å². The van der Waals surface area contributed by atoms with Crippen molar-refractivity contribution >= 4 is 23.4 Å². The number of ether oxygens (including phenoxy) is 2. The van der Waals surface area contributed by atoms with Crippen LogP contribution in [0.5, 0.6) is 11.5 Å². The maximum Gasteiger partial charge on any atom is 0.234 e. The van der Waals surface area contributed by atoms with Gasteiger partial charge in [0.05, 0.1) is 12.9 Å². The van der Waals surface area contributed by atoms with Crippen molar-refractivity contribution in [3.05, 3.63) is 59.9 Å². The van der Waals surface area contributed by atoms with Crippen LogP contribution in [0.25, 0.3) is 0 Å². The second kappa shape index (κ2) is 9.47. The minimum Gasteiger partial charge on any atom is -0.497 e. The summed E-state index contributed by atoms with van der Waals surface area (Å²) in [6, 6.07) is 15.1. The molecule has 1 aromatic heterocycles. The lowest BCUT2D eigenvalue weighted by Gasteiger charge is -2.14. The van der Waals surface area contributed by atoms with Crippen molar-refractivity contribution < 1.29 is 14.3 Å². The highest BCUT2D eigenvalue weighted by Gasteiger charge is 2.18. The number of methoxy groups -OCH3 is 1. The van der Waals surface area contributed by atoms with Gasteiger partial charge in [-0.15, -0.1) is 10.2 Å². The molecular formula is C21H24N4O3S. The van der Waals surface area contributed by atoms with Crippen molar-refractivity contribution in [2.45, 2.75) is 25.1 Å². The predicted molar refractivity (Wildman–Crippen MR) is 114 cm³/mol. The maximum absolute atomic E-state index is 12.3. The molecule has 1 unspecified atom stereocenters. The molecule has 1 amide bonds. The van der Waals surface area contributed by atoms with E-state index in [-0.39, 0.29) is 17.8 Å². The number of amides is 1. The molecule has 0 saturated carbocycles. The van der Waals surface area contributed by atoms with E-state index in [0.29, 0.717) is 16.7 Å². The van der Waals surface area contributed by atoms with Crippen LogP contribution in [0.4, 0.5) is 5.69 Å². The quantitative estimate of drug-likeness (QED) is 0.564. The van der Waals surface area contributed by atoms with E-state index in [4.69, 9.17) is 9.47 Å². The summed E-state index contributed by atoms with van der Waals surface area (Å²) in [4.78, 5) is 12.3. The molecule has 8 heteroatoms. The number of carbonyl (C=O) groups is 1. The molecule has 0 aliphatic carbocycles. The number of carbonyl (C=O) groups excluding carboxylic acids is 1. The van der Waals surface area contributed by atoms with Crippen LogP contribution >= 0.6 is 11.8 Å². The first-order chi connectivity index (χ1) is 14.0. The number of nitrogens with zero attached hydrogens (tertiary/aromatic N) is 3. The van der Waals surface area contributed by atoms with Gasteiger partial charge in [-0.2, -0.15) is 0 Å². The van der Waals surface area contributed by atoms with E-state index in [0.717, 1.165) is 17.0 Å². The summed E-state index contributed by atoms with van der Waals surface area (Å²) < 4.78 is 13.0. The van der Waals surface area contributed by atoms with Crippen LogP contribution < -0.4 is 14.8 Å². The molecule has 3 aromatic rings. The van der Waals surface area contributed by atoms with Crippen molar-refractivity contribution in [3.8, 4) is 11.5 Å². The maximum atomic E-state index is 12.3. The Morgan fingerprint density at radius 1 is 1.17 bits per heavy atom. The van der Waals surface area contributed by atoms with Crippen LogP contribution in [0, 0.1) is 6.92 Å². The largest absolute Gasteiger partial charge is 0.497 e. The molecule has 0 saturated heterocycles. The fourth-order valence-corrected chi connectivity index (χ4v) is 3.48. The lowest BCUT2D eigenvalue weighted by molar-refractivity contribution is -0.113. The fourth-order valence-electron chi connectivity index (χ4n) is 2.77. The molecule has 29 heavy (non-hydrogen) atoms. The average Bonchev–Trinajstić information content (AvgIpc) is 3.09. The van der Waals surface area contributed by atoms with Crippen molar-refractivity contribution in [3.63, 3.8) is 0 Å². The Balaban J connectivity index is 1.59. The number of para-hydroxylation sites is 1. The minimum atomic E-state index is -0.310. The molecule has 0 aliphatic rings. The van der Waals surface area contributed by atoms with Crippen LogP contribution in [-0.4, -0.2) is 33.5 Å². The third-order valence-electron chi connectivity index (χ3n) is 4.34.